The molecule has 0 aromatic carbocycles. The summed E-state index contributed by atoms with van der Waals surface area (Å²) < 4.78 is 35.5. The first-order chi connectivity index (χ1) is 5.00. The zero-order valence-corrected chi connectivity index (χ0v) is 5.39. The topological polar surface area (TPSA) is 12.9 Å². The summed E-state index contributed by atoms with van der Waals surface area (Å²) in [6, 6.07) is 3.39. The summed E-state index contributed by atoms with van der Waals surface area (Å²) in [7, 11) is 5.04. The summed E-state index contributed by atoms with van der Waals surface area (Å²) in [5, 5.41) is 0. The van der Waals surface area contributed by atoms with Gasteiger partial charge in [0.1, 0.15) is 13.5 Å². The van der Waals surface area contributed by atoms with E-state index in [0.29, 0.717) is 0 Å². The molecule has 1 aromatic rings. The first kappa shape index (κ1) is 8.10. The summed E-state index contributed by atoms with van der Waals surface area (Å²) in [5.41, 5.74) is -1.09. The molecule has 1 aromatic heterocycles. The molecule has 0 N–H and O–H groups in total. The highest BCUT2D eigenvalue weighted by Gasteiger charge is 2.31. The van der Waals surface area contributed by atoms with E-state index in [9.17, 15) is 13.2 Å². The average Bonchev–Trinajstić information content (AvgIpc) is 1.86. The quantitative estimate of drug-likeness (QED) is 0.509. The first-order valence-electron chi connectivity index (χ1n) is 2.80. The molecule has 0 amide bonds. The van der Waals surface area contributed by atoms with Crippen LogP contribution in [-0.2, 0) is 6.18 Å². The molecule has 0 unspecified atom stereocenters. The van der Waals surface area contributed by atoms with E-state index < -0.39 is 11.9 Å². The third-order valence-corrected chi connectivity index (χ3v) is 1.06. The van der Waals surface area contributed by atoms with Crippen molar-refractivity contribution in [3.63, 3.8) is 0 Å². The molecular formula is C6H3BF3N. The number of pyridine rings is 1. The van der Waals surface area contributed by atoms with E-state index in [2.05, 4.69) is 4.98 Å². The van der Waals surface area contributed by atoms with Crippen LogP contribution >= 0.6 is 0 Å². The predicted octanol–water partition coefficient (Wildman–Crippen LogP) is 0.894. The molecular weight excluding hydrogens is 154 g/mol. The van der Waals surface area contributed by atoms with E-state index in [4.69, 9.17) is 7.85 Å². The lowest BCUT2D eigenvalue weighted by Gasteiger charge is -2.04. The fourth-order valence-corrected chi connectivity index (χ4v) is 0.609. The Kier molecular flexibility index (Phi) is 1.89. The van der Waals surface area contributed by atoms with Gasteiger partial charge in [-0.15, -0.1) is 0 Å². The highest BCUT2D eigenvalue weighted by molar-refractivity contribution is 6.30. The van der Waals surface area contributed by atoms with E-state index in [0.717, 1.165) is 6.07 Å². The van der Waals surface area contributed by atoms with Crippen molar-refractivity contribution in [1.82, 2.24) is 4.98 Å². The number of alkyl halides is 3. The van der Waals surface area contributed by atoms with Gasteiger partial charge < -0.3 is 0 Å². The van der Waals surface area contributed by atoms with Crippen molar-refractivity contribution < 1.29 is 13.2 Å². The van der Waals surface area contributed by atoms with E-state index in [-0.39, 0.29) is 5.59 Å². The summed E-state index contributed by atoms with van der Waals surface area (Å²) in [4.78, 5) is 3.10. The number of rotatable bonds is 0. The molecule has 1 nitrogen and oxygen atoms in total. The molecule has 0 bridgehead atoms. The molecule has 1 rings (SSSR count). The van der Waals surface area contributed by atoms with Gasteiger partial charge in [-0.1, -0.05) is 12.1 Å². The van der Waals surface area contributed by atoms with Gasteiger partial charge in [0.2, 0.25) is 0 Å². The average molecular weight is 157 g/mol. The maximum Gasteiger partial charge on any atom is 0.433 e. The zero-order valence-electron chi connectivity index (χ0n) is 5.39. The van der Waals surface area contributed by atoms with Crippen molar-refractivity contribution in [2.24, 2.45) is 0 Å². The van der Waals surface area contributed by atoms with E-state index in [1.165, 1.54) is 12.1 Å². The van der Waals surface area contributed by atoms with Gasteiger partial charge >= 0.3 is 6.18 Å². The fraction of sp³-hybridized carbons (Fsp3) is 0.167. The molecule has 0 aliphatic rings. The first-order valence-corrected chi connectivity index (χ1v) is 2.80. The number of halogens is 3. The Hall–Kier alpha value is -0.995. The van der Waals surface area contributed by atoms with Crippen LogP contribution in [0.25, 0.3) is 0 Å². The monoisotopic (exact) mass is 157 g/mol. The highest BCUT2D eigenvalue weighted by atomic mass is 19.4. The fourth-order valence-electron chi connectivity index (χ4n) is 0.609. The standard InChI is InChI=1S/C6H3BF3N/c7-5-3-1-2-4(11-5)6(8,9)10/h1-3H. The lowest BCUT2D eigenvalue weighted by atomic mass is 10.0. The van der Waals surface area contributed by atoms with Crippen LogP contribution in [0.3, 0.4) is 0 Å². The summed E-state index contributed by atoms with van der Waals surface area (Å²) >= 11 is 0. The largest absolute Gasteiger partial charge is 0.433 e. The Labute approximate surface area is 62.7 Å². The van der Waals surface area contributed by atoms with Crippen LogP contribution < -0.4 is 5.59 Å². The zero-order chi connectivity index (χ0) is 8.48. The minimum Gasteiger partial charge on any atom is -0.260 e. The second-order valence-corrected chi connectivity index (χ2v) is 1.95. The van der Waals surface area contributed by atoms with Gasteiger partial charge in [-0.2, -0.15) is 13.2 Å². The van der Waals surface area contributed by atoms with Crippen molar-refractivity contribution in [1.29, 1.82) is 0 Å². The molecule has 11 heavy (non-hydrogen) atoms. The van der Waals surface area contributed by atoms with Crippen LogP contribution in [0.5, 0.6) is 0 Å². The molecule has 0 saturated heterocycles. The summed E-state index contributed by atoms with van der Waals surface area (Å²) in [6.45, 7) is 0. The molecule has 0 atom stereocenters. The van der Waals surface area contributed by atoms with Crippen molar-refractivity contribution in [3.05, 3.63) is 23.9 Å². The van der Waals surface area contributed by atoms with Crippen LogP contribution in [0.4, 0.5) is 13.2 Å². The Balaban J connectivity index is 3.06. The highest BCUT2D eigenvalue weighted by Crippen LogP contribution is 2.26. The third-order valence-electron chi connectivity index (χ3n) is 1.06. The molecule has 1 heterocycles. The maximum atomic E-state index is 11.8. The van der Waals surface area contributed by atoms with E-state index >= 15 is 0 Å². The predicted molar refractivity (Wildman–Crippen MR) is 34.6 cm³/mol. The van der Waals surface area contributed by atoms with Gasteiger partial charge in [-0.3, -0.25) is 4.98 Å². The van der Waals surface area contributed by atoms with Crippen molar-refractivity contribution >= 4 is 13.4 Å². The SMILES string of the molecule is [B]c1cccc(C(F)(F)F)n1. The Morgan fingerprint density at radius 2 is 1.91 bits per heavy atom. The van der Waals surface area contributed by atoms with Gasteiger partial charge in [0, 0.05) is 0 Å². The van der Waals surface area contributed by atoms with Crippen LogP contribution in [-0.4, -0.2) is 12.8 Å². The smallest absolute Gasteiger partial charge is 0.260 e. The molecule has 0 aliphatic carbocycles. The number of hydrogen-bond donors (Lipinski definition) is 0. The van der Waals surface area contributed by atoms with Crippen LogP contribution in [0.2, 0.25) is 0 Å². The van der Waals surface area contributed by atoms with Gasteiger partial charge in [0.05, 0.1) is 0 Å². The Morgan fingerprint density at radius 1 is 1.27 bits per heavy atom. The van der Waals surface area contributed by atoms with E-state index in [1.54, 1.807) is 0 Å². The van der Waals surface area contributed by atoms with Crippen LogP contribution in [0.1, 0.15) is 5.69 Å². The molecule has 0 fully saturated rings. The molecule has 0 aliphatic heterocycles. The third kappa shape index (κ3) is 1.96. The van der Waals surface area contributed by atoms with E-state index in [1.807, 2.05) is 0 Å². The number of nitrogens with zero attached hydrogens (tertiary/aromatic N) is 1. The Morgan fingerprint density at radius 3 is 2.27 bits per heavy atom. The lowest BCUT2D eigenvalue weighted by Crippen LogP contribution is -2.16. The summed E-state index contributed by atoms with van der Waals surface area (Å²) in [6.07, 6.45) is -4.41. The van der Waals surface area contributed by atoms with Gasteiger partial charge in [-0.05, 0) is 11.7 Å². The lowest BCUT2D eigenvalue weighted by molar-refractivity contribution is -0.141. The molecule has 0 saturated carbocycles. The molecule has 2 radical (unpaired) electrons. The van der Waals surface area contributed by atoms with Crippen LogP contribution in [0.15, 0.2) is 18.2 Å². The van der Waals surface area contributed by atoms with Gasteiger partial charge in [0.15, 0.2) is 0 Å². The van der Waals surface area contributed by atoms with Gasteiger partial charge in [-0.25, -0.2) is 0 Å². The number of aromatic nitrogens is 1. The van der Waals surface area contributed by atoms with Crippen molar-refractivity contribution in [3.8, 4) is 0 Å². The maximum absolute atomic E-state index is 11.8. The second-order valence-electron chi connectivity index (χ2n) is 1.95. The molecule has 0 spiro atoms. The molecule has 56 valence electrons. The van der Waals surface area contributed by atoms with Crippen molar-refractivity contribution in [2.75, 3.05) is 0 Å². The minimum absolute atomic E-state index is 0.125. The number of hydrogen-bond acceptors (Lipinski definition) is 1. The van der Waals surface area contributed by atoms with Crippen molar-refractivity contribution in [2.45, 2.75) is 6.18 Å². The molecule has 5 heteroatoms. The Bertz CT molecular complexity index is 258. The van der Waals surface area contributed by atoms with Gasteiger partial charge in [0.25, 0.3) is 0 Å². The second kappa shape index (κ2) is 2.56. The summed E-state index contributed by atoms with van der Waals surface area (Å²) in [5.74, 6) is 0. The minimum atomic E-state index is -4.41. The van der Waals surface area contributed by atoms with Crippen LogP contribution in [0, 0.1) is 0 Å². The normalized spacial score (nSPS) is 11.5.